The largest absolute Gasteiger partial charge is 0.446 e. The summed E-state index contributed by atoms with van der Waals surface area (Å²) in [5.74, 6) is 0. The summed E-state index contributed by atoms with van der Waals surface area (Å²) in [6.07, 6.45) is -0.834. The van der Waals surface area contributed by atoms with Crippen molar-refractivity contribution in [3.05, 3.63) is 50.6 Å². The number of thioether (sulfide) groups is 1. The highest BCUT2D eigenvalue weighted by molar-refractivity contribution is 9.10. The van der Waals surface area contributed by atoms with Gasteiger partial charge in [-0.15, -0.1) is 11.3 Å². The van der Waals surface area contributed by atoms with Crippen LogP contribution in [0.2, 0.25) is 0 Å². The lowest BCUT2D eigenvalue weighted by molar-refractivity contribution is -0.0328. The van der Waals surface area contributed by atoms with Crippen molar-refractivity contribution in [3.63, 3.8) is 0 Å². The number of halogens is 4. The van der Waals surface area contributed by atoms with Crippen LogP contribution in [0.5, 0.6) is 0 Å². The van der Waals surface area contributed by atoms with Crippen LogP contribution in [0, 0.1) is 0 Å². The summed E-state index contributed by atoms with van der Waals surface area (Å²) in [7, 11) is 0. The van der Waals surface area contributed by atoms with Gasteiger partial charge in [0.15, 0.2) is 0 Å². The minimum Gasteiger partial charge on any atom is -0.383 e. The van der Waals surface area contributed by atoms with E-state index in [1.807, 2.05) is 11.4 Å². The van der Waals surface area contributed by atoms with Crippen LogP contribution >= 0.6 is 39.0 Å². The third-order valence-electron chi connectivity index (χ3n) is 2.32. The Morgan fingerprint density at radius 2 is 1.79 bits per heavy atom. The Morgan fingerprint density at radius 3 is 2.26 bits per heavy atom. The van der Waals surface area contributed by atoms with Crippen molar-refractivity contribution >= 4 is 39.0 Å². The van der Waals surface area contributed by atoms with Gasteiger partial charge in [-0.1, -0.05) is 12.1 Å². The molecule has 1 atom stereocenters. The first-order valence-electron chi connectivity index (χ1n) is 5.13. The number of hydrogen-bond acceptors (Lipinski definition) is 3. The number of aliphatic hydroxyl groups excluding tert-OH is 1. The lowest BCUT2D eigenvalue weighted by atomic mass is 10.1. The summed E-state index contributed by atoms with van der Waals surface area (Å²) in [5.41, 5.74) is -3.73. The molecule has 1 aromatic carbocycles. The van der Waals surface area contributed by atoms with Crippen LogP contribution in [-0.4, -0.2) is 10.6 Å². The number of thiophene rings is 1. The Hall–Kier alpha value is -0.500. The van der Waals surface area contributed by atoms with E-state index < -0.39 is 11.6 Å². The molecular formula is C12H8BrF3OS2. The molecule has 0 aliphatic carbocycles. The van der Waals surface area contributed by atoms with Gasteiger partial charge in [0.2, 0.25) is 0 Å². The zero-order valence-electron chi connectivity index (χ0n) is 9.32. The van der Waals surface area contributed by atoms with Crippen molar-refractivity contribution in [1.29, 1.82) is 0 Å². The molecule has 0 aliphatic heterocycles. The molecule has 1 N–H and O–H groups in total. The highest BCUT2D eigenvalue weighted by Crippen LogP contribution is 2.38. The van der Waals surface area contributed by atoms with Gasteiger partial charge in [-0.05, 0) is 56.8 Å². The third-order valence-corrected chi connectivity index (χ3v) is 4.99. The van der Waals surface area contributed by atoms with Crippen LogP contribution in [0.25, 0.3) is 0 Å². The number of aliphatic hydroxyl groups is 1. The standard InChI is InChI=1S/C12H8BrF3OS2/c13-9-5-6-18-11(9)10(17)7-1-3-8(4-2-7)19-12(14,15)16/h1-6,10,17H. The van der Waals surface area contributed by atoms with Gasteiger partial charge in [-0.25, -0.2) is 0 Å². The highest BCUT2D eigenvalue weighted by atomic mass is 79.9. The molecule has 19 heavy (non-hydrogen) atoms. The summed E-state index contributed by atoms with van der Waals surface area (Å²) >= 11 is 4.53. The van der Waals surface area contributed by atoms with Crippen LogP contribution in [0.3, 0.4) is 0 Å². The fraction of sp³-hybridized carbons (Fsp3) is 0.167. The number of benzene rings is 1. The molecule has 0 spiro atoms. The molecule has 0 radical (unpaired) electrons. The Balaban J connectivity index is 2.17. The summed E-state index contributed by atoms with van der Waals surface area (Å²) in [6.45, 7) is 0. The first-order valence-corrected chi connectivity index (χ1v) is 7.62. The quantitative estimate of drug-likeness (QED) is 0.750. The maximum atomic E-state index is 12.2. The lowest BCUT2D eigenvalue weighted by Crippen LogP contribution is -2.00. The van der Waals surface area contributed by atoms with E-state index in [4.69, 9.17) is 0 Å². The molecule has 102 valence electrons. The molecule has 0 aliphatic rings. The summed E-state index contributed by atoms with van der Waals surface area (Å²) in [4.78, 5) is 0.838. The fourth-order valence-corrected chi connectivity index (χ4v) is 3.64. The molecule has 1 aromatic heterocycles. The van der Waals surface area contributed by atoms with Gasteiger partial charge >= 0.3 is 5.51 Å². The number of hydrogen-bond donors (Lipinski definition) is 1. The average molecular weight is 369 g/mol. The maximum absolute atomic E-state index is 12.2. The molecule has 1 nitrogen and oxygen atoms in total. The molecule has 0 saturated carbocycles. The van der Waals surface area contributed by atoms with E-state index in [-0.39, 0.29) is 16.7 Å². The van der Waals surface area contributed by atoms with Gasteiger partial charge in [-0.2, -0.15) is 13.2 Å². The Kier molecular flexibility index (Phi) is 4.60. The molecule has 2 aromatic rings. The second kappa shape index (κ2) is 5.87. The van der Waals surface area contributed by atoms with Gasteiger partial charge in [-0.3, -0.25) is 0 Å². The van der Waals surface area contributed by atoms with Crippen molar-refractivity contribution < 1.29 is 18.3 Å². The van der Waals surface area contributed by atoms with Crippen LogP contribution < -0.4 is 0 Å². The lowest BCUT2D eigenvalue weighted by Gasteiger charge is -2.11. The SMILES string of the molecule is OC(c1ccc(SC(F)(F)F)cc1)c1sccc1Br. The zero-order chi connectivity index (χ0) is 14.0. The molecule has 1 heterocycles. The molecule has 1 unspecified atom stereocenters. The van der Waals surface area contributed by atoms with Gasteiger partial charge in [0, 0.05) is 9.37 Å². The van der Waals surface area contributed by atoms with Crippen LogP contribution in [0.1, 0.15) is 16.5 Å². The van der Waals surface area contributed by atoms with Gasteiger partial charge < -0.3 is 5.11 Å². The molecule has 0 fully saturated rings. The first-order chi connectivity index (χ1) is 8.87. The fourth-order valence-electron chi connectivity index (χ4n) is 1.50. The molecule has 2 rings (SSSR count). The number of alkyl halides is 3. The molecule has 0 amide bonds. The Bertz CT molecular complexity index is 551. The monoisotopic (exact) mass is 368 g/mol. The van der Waals surface area contributed by atoms with E-state index in [0.717, 1.165) is 9.35 Å². The van der Waals surface area contributed by atoms with Crippen molar-refractivity contribution in [1.82, 2.24) is 0 Å². The smallest absolute Gasteiger partial charge is 0.383 e. The molecule has 0 bridgehead atoms. The van der Waals surface area contributed by atoms with E-state index in [1.54, 1.807) is 0 Å². The van der Waals surface area contributed by atoms with Crippen LogP contribution in [0.15, 0.2) is 45.1 Å². The predicted molar refractivity (Wildman–Crippen MR) is 74.4 cm³/mol. The predicted octanol–water partition coefficient (Wildman–Crippen LogP) is 5.20. The second-order valence-corrected chi connectivity index (χ2v) is 6.59. The molecule has 0 saturated heterocycles. The van der Waals surface area contributed by atoms with Crippen molar-refractivity contribution in [3.8, 4) is 0 Å². The van der Waals surface area contributed by atoms with E-state index in [9.17, 15) is 18.3 Å². The Labute approximate surface area is 124 Å². The minimum absolute atomic E-state index is 0.105. The maximum Gasteiger partial charge on any atom is 0.446 e. The van der Waals surface area contributed by atoms with Crippen molar-refractivity contribution in [2.45, 2.75) is 16.5 Å². The van der Waals surface area contributed by atoms with E-state index in [0.29, 0.717) is 5.56 Å². The van der Waals surface area contributed by atoms with Gasteiger partial charge in [0.05, 0.1) is 4.88 Å². The molecular weight excluding hydrogens is 361 g/mol. The van der Waals surface area contributed by atoms with Crippen LogP contribution in [0.4, 0.5) is 13.2 Å². The van der Waals surface area contributed by atoms with Crippen molar-refractivity contribution in [2.75, 3.05) is 0 Å². The summed E-state index contributed by atoms with van der Waals surface area (Å²) < 4.78 is 37.3. The number of rotatable bonds is 3. The summed E-state index contributed by atoms with van der Waals surface area (Å²) in [6, 6.07) is 7.54. The van der Waals surface area contributed by atoms with Crippen LogP contribution in [-0.2, 0) is 0 Å². The second-order valence-electron chi connectivity index (χ2n) is 3.65. The normalized spacial score (nSPS) is 13.5. The van der Waals surface area contributed by atoms with Gasteiger partial charge in [0.1, 0.15) is 6.10 Å². The average Bonchev–Trinajstić information content (AvgIpc) is 2.73. The minimum atomic E-state index is -4.29. The molecule has 7 heteroatoms. The van der Waals surface area contributed by atoms with Gasteiger partial charge in [0.25, 0.3) is 0 Å². The van der Waals surface area contributed by atoms with Crippen molar-refractivity contribution in [2.24, 2.45) is 0 Å². The summed E-state index contributed by atoms with van der Waals surface area (Å²) in [5, 5.41) is 12.0. The highest BCUT2D eigenvalue weighted by Gasteiger charge is 2.29. The van der Waals surface area contributed by atoms with E-state index in [2.05, 4.69) is 15.9 Å². The first kappa shape index (κ1) is 14.9. The third kappa shape index (κ3) is 3.98. The Morgan fingerprint density at radius 1 is 1.16 bits per heavy atom. The zero-order valence-corrected chi connectivity index (χ0v) is 12.5. The topological polar surface area (TPSA) is 20.2 Å². The van der Waals surface area contributed by atoms with E-state index in [1.165, 1.54) is 35.6 Å². The van der Waals surface area contributed by atoms with E-state index >= 15 is 0 Å².